The summed E-state index contributed by atoms with van der Waals surface area (Å²) in [6.45, 7) is 7.94. The third-order valence-electron chi connectivity index (χ3n) is 2.55. The summed E-state index contributed by atoms with van der Waals surface area (Å²) < 4.78 is 0. The van der Waals surface area contributed by atoms with Crippen molar-refractivity contribution in [2.45, 2.75) is 27.7 Å². The minimum Gasteiger partial charge on any atom is -0.295 e. The van der Waals surface area contributed by atoms with Crippen LogP contribution in [0.1, 0.15) is 34.0 Å². The molecular formula is C17H20O. The van der Waals surface area contributed by atoms with Crippen LogP contribution in [0.2, 0.25) is 0 Å². The van der Waals surface area contributed by atoms with Gasteiger partial charge in [-0.3, -0.25) is 4.79 Å². The monoisotopic (exact) mass is 240 g/mol. The third kappa shape index (κ3) is 4.96. The molecule has 0 aromatic heterocycles. The van der Waals surface area contributed by atoms with E-state index in [0.717, 1.165) is 5.56 Å². The average molecular weight is 240 g/mol. The lowest BCUT2D eigenvalue weighted by Gasteiger charge is -1.96. The SMILES string of the molecule is CC(=O)c1ccccc1.Cc1cc(C)cc(C)c1. The lowest BCUT2D eigenvalue weighted by Crippen LogP contribution is -1.88. The smallest absolute Gasteiger partial charge is 0.159 e. The minimum absolute atomic E-state index is 0.121. The predicted molar refractivity (Wildman–Crippen MR) is 77.1 cm³/mol. The molecule has 2 aromatic rings. The molecular weight excluding hydrogens is 220 g/mol. The second-order valence-corrected chi connectivity index (χ2v) is 4.59. The normalized spacial score (nSPS) is 9.33. The van der Waals surface area contributed by atoms with Crippen LogP contribution in [0, 0.1) is 20.8 Å². The Morgan fingerprint density at radius 1 is 0.778 bits per heavy atom. The molecule has 0 aliphatic heterocycles. The van der Waals surface area contributed by atoms with Gasteiger partial charge in [0.2, 0.25) is 0 Å². The summed E-state index contributed by atoms with van der Waals surface area (Å²) in [6.07, 6.45) is 0. The van der Waals surface area contributed by atoms with Crippen molar-refractivity contribution in [2.75, 3.05) is 0 Å². The van der Waals surface area contributed by atoms with Crippen LogP contribution in [0.5, 0.6) is 0 Å². The van der Waals surface area contributed by atoms with Crippen LogP contribution in [-0.2, 0) is 0 Å². The number of aryl methyl sites for hydroxylation is 3. The molecule has 2 rings (SSSR count). The summed E-state index contributed by atoms with van der Waals surface area (Å²) in [5, 5.41) is 0. The van der Waals surface area contributed by atoms with Gasteiger partial charge in [-0.15, -0.1) is 0 Å². The van der Waals surface area contributed by atoms with Gasteiger partial charge in [0.15, 0.2) is 5.78 Å². The summed E-state index contributed by atoms with van der Waals surface area (Å²) in [7, 11) is 0. The molecule has 0 spiro atoms. The number of hydrogen-bond donors (Lipinski definition) is 0. The van der Waals surface area contributed by atoms with Crippen molar-refractivity contribution in [3.63, 3.8) is 0 Å². The topological polar surface area (TPSA) is 17.1 Å². The molecule has 0 radical (unpaired) electrons. The molecule has 0 bridgehead atoms. The average Bonchev–Trinajstić information content (AvgIpc) is 2.29. The highest BCUT2D eigenvalue weighted by atomic mass is 16.1. The van der Waals surface area contributed by atoms with Crippen molar-refractivity contribution >= 4 is 5.78 Å². The van der Waals surface area contributed by atoms with Crippen LogP contribution in [-0.4, -0.2) is 5.78 Å². The van der Waals surface area contributed by atoms with E-state index < -0.39 is 0 Å². The van der Waals surface area contributed by atoms with E-state index in [9.17, 15) is 4.79 Å². The fourth-order valence-corrected chi connectivity index (χ4v) is 1.88. The summed E-state index contributed by atoms with van der Waals surface area (Å²) in [4.78, 5) is 10.6. The second-order valence-electron chi connectivity index (χ2n) is 4.59. The predicted octanol–water partition coefficient (Wildman–Crippen LogP) is 4.50. The van der Waals surface area contributed by atoms with E-state index in [1.54, 1.807) is 6.92 Å². The molecule has 0 fully saturated rings. The first kappa shape index (κ1) is 14.2. The Kier molecular flexibility index (Phi) is 5.31. The highest BCUT2D eigenvalue weighted by Crippen LogP contribution is 2.06. The lowest BCUT2D eigenvalue weighted by atomic mass is 10.1. The number of benzene rings is 2. The van der Waals surface area contributed by atoms with Crippen molar-refractivity contribution in [1.82, 2.24) is 0 Å². The highest BCUT2D eigenvalue weighted by Gasteiger charge is 1.92. The molecule has 0 N–H and O–H groups in total. The first-order valence-electron chi connectivity index (χ1n) is 6.10. The summed E-state index contributed by atoms with van der Waals surface area (Å²) >= 11 is 0. The maximum absolute atomic E-state index is 10.6. The van der Waals surface area contributed by atoms with Gasteiger partial charge in [0.25, 0.3) is 0 Å². The molecule has 1 nitrogen and oxygen atoms in total. The molecule has 94 valence electrons. The van der Waals surface area contributed by atoms with Crippen LogP contribution in [0.3, 0.4) is 0 Å². The standard InChI is InChI=1S/C9H12.C8H8O/c1-7-4-8(2)6-9(3)5-7;1-7(9)8-5-3-2-4-6-8/h4-6H,1-3H3;2-6H,1H3. The molecule has 0 saturated heterocycles. The Morgan fingerprint density at radius 2 is 1.17 bits per heavy atom. The molecule has 0 atom stereocenters. The summed E-state index contributed by atoms with van der Waals surface area (Å²) in [5.74, 6) is 0.121. The Labute approximate surface area is 109 Å². The van der Waals surface area contributed by atoms with E-state index in [2.05, 4.69) is 39.0 Å². The maximum atomic E-state index is 10.6. The van der Waals surface area contributed by atoms with Crippen LogP contribution < -0.4 is 0 Å². The van der Waals surface area contributed by atoms with Gasteiger partial charge < -0.3 is 0 Å². The Hall–Kier alpha value is -1.89. The van der Waals surface area contributed by atoms with Crippen LogP contribution in [0.4, 0.5) is 0 Å². The van der Waals surface area contributed by atoms with Gasteiger partial charge in [0.1, 0.15) is 0 Å². The third-order valence-corrected chi connectivity index (χ3v) is 2.55. The lowest BCUT2D eigenvalue weighted by molar-refractivity contribution is 0.101. The molecule has 0 unspecified atom stereocenters. The Bertz CT molecular complexity index is 462. The second kappa shape index (κ2) is 6.75. The van der Waals surface area contributed by atoms with Crippen molar-refractivity contribution < 1.29 is 4.79 Å². The largest absolute Gasteiger partial charge is 0.295 e. The molecule has 0 aliphatic carbocycles. The van der Waals surface area contributed by atoms with Gasteiger partial charge >= 0.3 is 0 Å². The maximum Gasteiger partial charge on any atom is 0.159 e. The molecule has 2 aromatic carbocycles. The quantitative estimate of drug-likeness (QED) is 0.671. The number of rotatable bonds is 1. The van der Waals surface area contributed by atoms with Gasteiger partial charge in [-0.25, -0.2) is 0 Å². The summed E-state index contributed by atoms with van der Waals surface area (Å²) in [6, 6.07) is 15.8. The van der Waals surface area contributed by atoms with Crippen molar-refractivity contribution in [3.8, 4) is 0 Å². The number of carbonyl (C=O) groups excluding carboxylic acids is 1. The molecule has 0 heterocycles. The van der Waals surface area contributed by atoms with E-state index in [1.165, 1.54) is 16.7 Å². The molecule has 0 saturated carbocycles. The van der Waals surface area contributed by atoms with Gasteiger partial charge in [0.05, 0.1) is 0 Å². The van der Waals surface area contributed by atoms with Crippen molar-refractivity contribution in [2.24, 2.45) is 0 Å². The summed E-state index contributed by atoms with van der Waals surface area (Å²) in [5.41, 5.74) is 4.84. The number of carbonyl (C=O) groups is 1. The minimum atomic E-state index is 0.121. The molecule has 0 aliphatic rings. The van der Waals surface area contributed by atoms with Crippen LogP contribution in [0.25, 0.3) is 0 Å². The van der Waals surface area contributed by atoms with E-state index in [4.69, 9.17) is 0 Å². The van der Waals surface area contributed by atoms with E-state index in [-0.39, 0.29) is 5.78 Å². The van der Waals surface area contributed by atoms with Gasteiger partial charge in [-0.2, -0.15) is 0 Å². The van der Waals surface area contributed by atoms with Crippen molar-refractivity contribution in [1.29, 1.82) is 0 Å². The fraction of sp³-hybridized carbons (Fsp3) is 0.235. The van der Waals surface area contributed by atoms with Crippen molar-refractivity contribution in [3.05, 3.63) is 70.8 Å². The number of Topliss-reactive ketones (excluding diaryl/α,β-unsaturated/α-hetero) is 1. The Balaban J connectivity index is 0.000000180. The molecule has 18 heavy (non-hydrogen) atoms. The van der Waals surface area contributed by atoms with E-state index in [0.29, 0.717) is 0 Å². The van der Waals surface area contributed by atoms with Crippen LogP contribution in [0.15, 0.2) is 48.5 Å². The zero-order chi connectivity index (χ0) is 13.5. The van der Waals surface area contributed by atoms with Gasteiger partial charge in [0, 0.05) is 5.56 Å². The zero-order valence-corrected chi connectivity index (χ0v) is 11.5. The van der Waals surface area contributed by atoms with Gasteiger partial charge in [-0.05, 0) is 27.7 Å². The number of hydrogen-bond acceptors (Lipinski definition) is 1. The van der Waals surface area contributed by atoms with E-state index in [1.807, 2.05) is 30.3 Å². The first-order chi connectivity index (χ1) is 8.49. The fourth-order valence-electron chi connectivity index (χ4n) is 1.88. The Morgan fingerprint density at radius 3 is 1.44 bits per heavy atom. The first-order valence-corrected chi connectivity index (χ1v) is 6.10. The molecule has 0 amide bonds. The zero-order valence-electron chi connectivity index (χ0n) is 11.5. The highest BCUT2D eigenvalue weighted by molar-refractivity contribution is 5.93. The van der Waals surface area contributed by atoms with E-state index >= 15 is 0 Å². The van der Waals surface area contributed by atoms with Gasteiger partial charge in [-0.1, -0.05) is 65.2 Å². The molecule has 1 heteroatoms. The number of ketones is 1. The van der Waals surface area contributed by atoms with Crippen LogP contribution >= 0.6 is 0 Å².